The van der Waals surface area contributed by atoms with E-state index in [1.165, 1.54) is 0 Å². The summed E-state index contributed by atoms with van der Waals surface area (Å²) in [5, 5.41) is 11.9. The van der Waals surface area contributed by atoms with Crippen LogP contribution in [0.4, 0.5) is 5.69 Å². The van der Waals surface area contributed by atoms with Crippen molar-refractivity contribution < 1.29 is 14.7 Å². The van der Waals surface area contributed by atoms with E-state index in [9.17, 15) is 9.59 Å². The second-order valence-electron chi connectivity index (χ2n) is 4.36. The summed E-state index contributed by atoms with van der Waals surface area (Å²) in [6.45, 7) is 3.31. The number of para-hydroxylation sites is 1. The van der Waals surface area contributed by atoms with Crippen LogP contribution >= 0.6 is 22.6 Å². The van der Waals surface area contributed by atoms with Gasteiger partial charge in [-0.05, 0) is 54.1 Å². The van der Waals surface area contributed by atoms with Crippen molar-refractivity contribution in [3.8, 4) is 0 Å². The predicted octanol–water partition coefficient (Wildman–Crippen LogP) is 3.19. The lowest BCUT2D eigenvalue weighted by Gasteiger charge is -2.07. The minimum absolute atomic E-state index is 0.0513. The number of aromatic nitrogens is 1. The van der Waals surface area contributed by atoms with Crippen molar-refractivity contribution in [3.05, 3.63) is 50.4 Å². The topological polar surface area (TPSA) is 82.2 Å². The second kappa shape index (κ2) is 5.66. The van der Waals surface area contributed by atoms with Crippen LogP contribution < -0.4 is 5.32 Å². The molecule has 1 aromatic heterocycles. The van der Waals surface area contributed by atoms with E-state index in [2.05, 4.69) is 32.9 Å². The van der Waals surface area contributed by atoms with Gasteiger partial charge in [0.05, 0.1) is 11.3 Å². The minimum Gasteiger partial charge on any atom is -0.477 e. The Hall–Kier alpha value is -1.83. The van der Waals surface area contributed by atoms with Gasteiger partial charge in [0.15, 0.2) is 0 Å². The molecule has 0 atom stereocenters. The number of carbonyl (C=O) groups excluding carboxylic acids is 1. The monoisotopic (exact) mass is 384 g/mol. The molecule has 0 spiro atoms. The van der Waals surface area contributed by atoms with Crippen LogP contribution in [0.25, 0.3) is 0 Å². The molecule has 0 saturated carbocycles. The molecule has 1 aromatic carbocycles. The molecule has 3 N–H and O–H groups in total. The van der Waals surface area contributed by atoms with Gasteiger partial charge >= 0.3 is 5.97 Å². The van der Waals surface area contributed by atoms with Crippen LogP contribution in [0, 0.1) is 17.4 Å². The molecule has 0 radical (unpaired) electrons. The number of benzene rings is 1. The number of carboxylic acids is 1. The number of hydrogen-bond acceptors (Lipinski definition) is 2. The van der Waals surface area contributed by atoms with Crippen LogP contribution in [-0.2, 0) is 0 Å². The highest BCUT2D eigenvalue weighted by atomic mass is 127. The molecule has 2 rings (SSSR count). The fraction of sp³-hybridized carbons (Fsp3) is 0.143. The second-order valence-corrected chi connectivity index (χ2v) is 5.53. The van der Waals surface area contributed by atoms with Crippen LogP contribution in [0.1, 0.15) is 32.1 Å². The maximum atomic E-state index is 12.3. The number of halogens is 1. The number of H-pyrrole nitrogens is 1. The zero-order chi connectivity index (χ0) is 14.9. The maximum absolute atomic E-state index is 12.3. The molecule has 1 amide bonds. The first-order valence-electron chi connectivity index (χ1n) is 5.90. The summed E-state index contributed by atoms with van der Waals surface area (Å²) >= 11 is 2.13. The van der Waals surface area contributed by atoms with E-state index in [4.69, 9.17) is 5.11 Å². The van der Waals surface area contributed by atoms with Gasteiger partial charge < -0.3 is 15.4 Å². The predicted molar refractivity (Wildman–Crippen MR) is 84.3 cm³/mol. The largest absolute Gasteiger partial charge is 0.477 e. The average Bonchev–Trinajstić information content (AvgIpc) is 2.68. The molecule has 1 heterocycles. The van der Waals surface area contributed by atoms with Crippen LogP contribution in [0.3, 0.4) is 0 Å². The van der Waals surface area contributed by atoms with Gasteiger partial charge in [0.25, 0.3) is 5.91 Å². The number of rotatable bonds is 3. The standard InChI is InChI=1S/C14H13IN2O3/c1-7-11(8(2)16-12(7)14(19)20)13(18)17-10-6-4-3-5-9(10)15/h3-6,16H,1-2H3,(H,17,18)(H,19,20). The fourth-order valence-electron chi connectivity index (χ4n) is 2.05. The molecule has 0 aliphatic carbocycles. The summed E-state index contributed by atoms with van der Waals surface area (Å²) in [4.78, 5) is 26.1. The average molecular weight is 384 g/mol. The summed E-state index contributed by atoms with van der Waals surface area (Å²) in [6.07, 6.45) is 0. The number of aromatic carboxylic acids is 1. The third-order valence-electron chi connectivity index (χ3n) is 3.00. The number of amides is 1. The Morgan fingerprint density at radius 3 is 2.45 bits per heavy atom. The van der Waals surface area contributed by atoms with E-state index in [0.717, 1.165) is 3.57 Å². The highest BCUT2D eigenvalue weighted by molar-refractivity contribution is 14.1. The van der Waals surface area contributed by atoms with Crippen molar-refractivity contribution in [3.63, 3.8) is 0 Å². The van der Waals surface area contributed by atoms with Gasteiger partial charge in [-0.2, -0.15) is 0 Å². The first kappa shape index (κ1) is 14.6. The van der Waals surface area contributed by atoms with Crippen LogP contribution in [-0.4, -0.2) is 22.0 Å². The molecular formula is C14H13IN2O3. The van der Waals surface area contributed by atoms with E-state index in [1.54, 1.807) is 19.9 Å². The summed E-state index contributed by atoms with van der Waals surface area (Å²) < 4.78 is 0.919. The van der Waals surface area contributed by atoms with Crippen molar-refractivity contribution in [1.82, 2.24) is 4.98 Å². The van der Waals surface area contributed by atoms with Gasteiger partial charge in [-0.15, -0.1) is 0 Å². The molecule has 0 aliphatic heterocycles. The molecule has 0 saturated heterocycles. The maximum Gasteiger partial charge on any atom is 0.352 e. The quantitative estimate of drug-likeness (QED) is 0.711. The van der Waals surface area contributed by atoms with Crippen LogP contribution in [0.15, 0.2) is 24.3 Å². The summed E-state index contributed by atoms with van der Waals surface area (Å²) in [6, 6.07) is 7.40. The molecule has 20 heavy (non-hydrogen) atoms. The van der Waals surface area contributed by atoms with E-state index < -0.39 is 5.97 Å². The zero-order valence-electron chi connectivity index (χ0n) is 11.0. The van der Waals surface area contributed by atoms with Crippen molar-refractivity contribution >= 4 is 40.2 Å². The smallest absolute Gasteiger partial charge is 0.352 e. The Morgan fingerprint density at radius 2 is 1.90 bits per heavy atom. The van der Waals surface area contributed by atoms with Gasteiger partial charge in [0.2, 0.25) is 0 Å². The van der Waals surface area contributed by atoms with E-state index in [0.29, 0.717) is 22.5 Å². The number of aromatic amines is 1. The SMILES string of the molecule is Cc1[nH]c(C(=O)O)c(C)c1C(=O)Nc1ccccc1I. The molecule has 0 unspecified atom stereocenters. The Morgan fingerprint density at radius 1 is 1.25 bits per heavy atom. The number of carbonyl (C=O) groups is 2. The summed E-state index contributed by atoms with van der Waals surface area (Å²) in [5.41, 5.74) is 2.12. The molecular weight excluding hydrogens is 371 g/mol. The Balaban J connectivity index is 2.35. The summed E-state index contributed by atoms with van der Waals surface area (Å²) in [7, 11) is 0. The van der Waals surface area contributed by atoms with E-state index >= 15 is 0 Å². The normalized spacial score (nSPS) is 10.3. The number of anilines is 1. The molecule has 0 bridgehead atoms. The van der Waals surface area contributed by atoms with Crippen LogP contribution in [0.2, 0.25) is 0 Å². The molecule has 0 fully saturated rings. The number of nitrogens with one attached hydrogen (secondary N) is 2. The van der Waals surface area contributed by atoms with E-state index in [1.807, 2.05) is 18.2 Å². The first-order chi connectivity index (χ1) is 9.41. The molecule has 0 aliphatic rings. The van der Waals surface area contributed by atoms with Crippen LogP contribution in [0.5, 0.6) is 0 Å². The highest BCUT2D eigenvalue weighted by Gasteiger charge is 2.21. The van der Waals surface area contributed by atoms with Gasteiger partial charge in [-0.1, -0.05) is 12.1 Å². The van der Waals surface area contributed by atoms with E-state index in [-0.39, 0.29) is 11.6 Å². The number of aryl methyl sites for hydroxylation is 1. The van der Waals surface area contributed by atoms with Gasteiger partial charge in [-0.25, -0.2) is 4.79 Å². The zero-order valence-corrected chi connectivity index (χ0v) is 13.1. The fourth-order valence-corrected chi connectivity index (χ4v) is 2.57. The molecule has 5 nitrogen and oxygen atoms in total. The highest BCUT2D eigenvalue weighted by Crippen LogP contribution is 2.22. The van der Waals surface area contributed by atoms with Gasteiger partial charge in [0.1, 0.15) is 5.69 Å². The minimum atomic E-state index is -1.07. The van der Waals surface area contributed by atoms with Crippen molar-refractivity contribution in [2.45, 2.75) is 13.8 Å². The number of carboxylic acid groups (broad SMARTS) is 1. The molecule has 6 heteroatoms. The molecule has 2 aromatic rings. The van der Waals surface area contributed by atoms with Gasteiger partial charge in [-0.3, -0.25) is 4.79 Å². The van der Waals surface area contributed by atoms with Crippen molar-refractivity contribution in [2.75, 3.05) is 5.32 Å². The van der Waals surface area contributed by atoms with Gasteiger partial charge in [0, 0.05) is 9.26 Å². The lowest BCUT2D eigenvalue weighted by Crippen LogP contribution is -2.14. The Bertz CT molecular complexity index is 692. The number of hydrogen-bond donors (Lipinski definition) is 3. The third kappa shape index (κ3) is 2.69. The van der Waals surface area contributed by atoms with Crippen molar-refractivity contribution in [1.29, 1.82) is 0 Å². The molecule has 104 valence electrons. The third-order valence-corrected chi connectivity index (χ3v) is 3.94. The Labute approximate surface area is 129 Å². The lowest BCUT2D eigenvalue weighted by molar-refractivity contribution is 0.0690. The summed E-state index contributed by atoms with van der Waals surface area (Å²) in [5.74, 6) is -1.38. The lowest BCUT2D eigenvalue weighted by atomic mass is 10.1. The first-order valence-corrected chi connectivity index (χ1v) is 6.98. The van der Waals surface area contributed by atoms with Crippen molar-refractivity contribution in [2.24, 2.45) is 0 Å². The Kier molecular flexibility index (Phi) is 4.12.